The predicted molar refractivity (Wildman–Crippen MR) is 110 cm³/mol. The first kappa shape index (κ1) is 22.0. The Hall–Kier alpha value is -2.34. The van der Waals surface area contributed by atoms with Crippen molar-refractivity contribution >= 4 is 17.6 Å². The van der Waals surface area contributed by atoms with Gasteiger partial charge in [0.2, 0.25) is 0 Å². The highest BCUT2D eigenvalue weighted by Crippen LogP contribution is 2.27. The van der Waals surface area contributed by atoms with E-state index in [1.54, 1.807) is 17.6 Å². The smallest absolute Gasteiger partial charge is 0.306 e. The molecule has 6 nitrogen and oxygen atoms in total. The normalized spacial score (nSPS) is 16.9. The summed E-state index contributed by atoms with van der Waals surface area (Å²) in [5.74, 6) is -0.653. The van der Waals surface area contributed by atoms with E-state index in [0.717, 1.165) is 31.6 Å². The molecule has 0 bridgehead atoms. The summed E-state index contributed by atoms with van der Waals surface area (Å²) >= 11 is 0. The third kappa shape index (κ3) is 6.37. The average Bonchev–Trinajstić information content (AvgIpc) is 2.67. The summed E-state index contributed by atoms with van der Waals surface area (Å²) in [6, 6.07) is 7.21. The minimum Gasteiger partial charge on any atom is -0.481 e. The van der Waals surface area contributed by atoms with Crippen LogP contribution >= 0.6 is 0 Å². The molecule has 0 radical (unpaired) electrons. The molecule has 1 heterocycles. The Morgan fingerprint density at radius 2 is 1.82 bits per heavy atom. The lowest BCUT2D eigenvalue weighted by molar-refractivity contribution is -0.142. The molecule has 1 aliphatic rings. The number of amides is 1. The highest BCUT2D eigenvalue weighted by molar-refractivity contribution is 5.93. The number of hydrogen-bond donors (Lipinski definition) is 3. The second-order valence-electron chi connectivity index (χ2n) is 8.19. The zero-order chi connectivity index (χ0) is 20.7. The van der Waals surface area contributed by atoms with Crippen LogP contribution in [-0.4, -0.2) is 35.3 Å². The molecule has 0 saturated carbocycles. The van der Waals surface area contributed by atoms with Gasteiger partial charge in [0.05, 0.1) is 5.92 Å². The molecular weight excluding hydrogens is 356 g/mol. The molecule has 28 heavy (non-hydrogen) atoms. The molecule has 6 heteroatoms. The molecule has 0 unspecified atom stereocenters. The maximum absolute atomic E-state index is 11.5. The highest BCUT2D eigenvalue weighted by atomic mass is 16.5. The maximum atomic E-state index is 11.5. The quantitative estimate of drug-likeness (QED) is 0.354. The number of carbonyl (C=O) groups is 2. The number of hydroxylamine groups is 1. The fourth-order valence-electron chi connectivity index (χ4n) is 3.91. The van der Waals surface area contributed by atoms with E-state index in [1.807, 2.05) is 19.1 Å². The lowest BCUT2D eigenvalue weighted by atomic mass is 9.88. The summed E-state index contributed by atoms with van der Waals surface area (Å²) in [5, 5.41) is 18.1. The Labute approximate surface area is 167 Å². The fraction of sp³-hybridized carbons (Fsp3) is 0.545. The summed E-state index contributed by atoms with van der Waals surface area (Å²) in [5.41, 5.74) is 4.30. The third-order valence-corrected chi connectivity index (χ3v) is 5.33. The first-order valence-electron chi connectivity index (χ1n) is 9.99. The van der Waals surface area contributed by atoms with Gasteiger partial charge in [0.25, 0.3) is 5.91 Å². The molecule has 0 spiro atoms. The molecule has 1 aromatic carbocycles. The fourth-order valence-corrected chi connectivity index (χ4v) is 3.91. The molecular formula is C22H32N2O4. The maximum Gasteiger partial charge on any atom is 0.306 e. The van der Waals surface area contributed by atoms with Gasteiger partial charge in [-0.1, -0.05) is 25.5 Å². The van der Waals surface area contributed by atoms with E-state index in [0.29, 0.717) is 30.2 Å². The van der Waals surface area contributed by atoms with Gasteiger partial charge >= 0.3 is 5.97 Å². The number of rotatable bonds is 8. The van der Waals surface area contributed by atoms with Crippen LogP contribution in [0, 0.1) is 17.8 Å². The summed E-state index contributed by atoms with van der Waals surface area (Å²) < 4.78 is 0. The van der Waals surface area contributed by atoms with E-state index in [2.05, 4.69) is 24.8 Å². The summed E-state index contributed by atoms with van der Waals surface area (Å²) in [7, 11) is 0. The Morgan fingerprint density at radius 3 is 2.32 bits per heavy atom. The molecule has 1 saturated heterocycles. The standard InChI is InChI=1S/C22H32N2O4/c1-15(2)12-19(22(26)27)14-16(3)13-17-8-10-24(11-9-17)20-6-4-18(5-7-20)21(25)23-28/h4-7,13,15,17,19,28H,8-12,14H2,1-3H3,(H,23,25)(H,26,27)/b16-13+/t19-/m1/s1. The van der Waals surface area contributed by atoms with E-state index in [9.17, 15) is 14.7 Å². The van der Waals surface area contributed by atoms with E-state index in [4.69, 9.17) is 5.21 Å². The number of piperidine rings is 1. The lowest BCUT2D eigenvalue weighted by Gasteiger charge is -2.33. The minimum atomic E-state index is -0.699. The van der Waals surface area contributed by atoms with Crippen molar-refractivity contribution in [1.82, 2.24) is 5.48 Å². The number of carboxylic acid groups (broad SMARTS) is 1. The molecule has 154 valence electrons. The van der Waals surface area contributed by atoms with Gasteiger partial charge in [-0.15, -0.1) is 0 Å². The predicted octanol–water partition coefficient (Wildman–Crippen LogP) is 4.11. The van der Waals surface area contributed by atoms with Crippen LogP contribution in [0.25, 0.3) is 0 Å². The molecule has 1 aromatic rings. The zero-order valence-electron chi connectivity index (χ0n) is 17.0. The molecule has 1 amide bonds. The van der Waals surface area contributed by atoms with E-state index in [-0.39, 0.29) is 5.92 Å². The number of hydrogen-bond acceptors (Lipinski definition) is 4. The second-order valence-corrected chi connectivity index (χ2v) is 8.19. The van der Waals surface area contributed by atoms with Crippen molar-refractivity contribution < 1.29 is 19.9 Å². The van der Waals surface area contributed by atoms with Crippen LogP contribution in [0.1, 0.15) is 56.8 Å². The number of nitrogens with one attached hydrogen (secondary N) is 1. The van der Waals surface area contributed by atoms with Crippen LogP contribution in [0.2, 0.25) is 0 Å². The Kier molecular flexibility index (Phi) is 8.05. The monoisotopic (exact) mass is 388 g/mol. The van der Waals surface area contributed by atoms with Crippen molar-refractivity contribution in [3.63, 3.8) is 0 Å². The van der Waals surface area contributed by atoms with Crippen LogP contribution in [0.15, 0.2) is 35.9 Å². The minimum absolute atomic E-state index is 0.300. The molecule has 0 aliphatic carbocycles. The number of carboxylic acids is 1. The molecule has 3 N–H and O–H groups in total. The molecule has 1 atom stereocenters. The Bertz CT molecular complexity index is 689. The SMILES string of the molecule is C/C(=C\C1CCN(c2ccc(C(=O)NO)cc2)CC1)C[C@@H](CC(C)C)C(=O)O. The summed E-state index contributed by atoms with van der Waals surface area (Å²) in [4.78, 5) is 25.2. The molecule has 1 fully saturated rings. The van der Waals surface area contributed by atoms with Gasteiger partial charge < -0.3 is 10.0 Å². The van der Waals surface area contributed by atoms with Crippen molar-refractivity contribution in [2.45, 2.75) is 46.5 Å². The number of benzene rings is 1. The average molecular weight is 389 g/mol. The van der Waals surface area contributed by atoms with Crippen LogP contribution in [0.3, 0.4) is 0 Å². The molecule has 2 rings (SSSR count). The topological polar surface area (TPSA) is 89.9 Å². The number of allylic oxidation sites excluding steroid dienone is 2. The van der Waals surface area contributed by atoms with Crippen molar-refractivity contribution in [3.8, 4) is 0 Å². The number of carbonyl (C=O) groups excluding carboxylic acids is 1. The van der Waals surface area contributed by atoms with Gasteiger partial charge in [-0.3, -0.25) is 14.8 Å². The Balaban J connectivity index is 1.89. The van der Waals surface area contributed by atoms with Crippen molar-refractivity contribution in [2.75, 3.05) is 18.0 Å². The summed E-state index contributed by atoms with van der Waals surface area (Å²) in [6.07, 6.45) is 5.66. The van der Waals surface area contributed by atoms with Crippen LogP contribution in [0.4, 0.5) is 5.69 Å². The molecule has 1 aliphatic heterocycles. The van der Waals surface area contributed by atoms with Crippen molar-refractivity contribution in [3.05, 3.63) is 41.5 Å². The lowest BCUT2D eigenvalue weighted by Crippen LogP contribution is -2.33. The van der Waals surface area contributed by atoms with Crippen LogP contribution in [-0.2, 0) is 4.79 Å². The zero-order valence-corrected chi connectivity index (χ0v) is 17.0. The van der Waals surface area contributed by atoms with Crippen LogP contribution in [0.5, 0.6) is 0 Å². The van der Waals surface area contributed by atoms with E-state index < -0.39 is 11.9 Å². The first-order valence-corrected chi connectivity index (χ1v) is 9.99. The third-order valence-electron chi connectivity index (χ3n) is 5.33. The highest BCUT2D eigenvalue weighted by Gasteiger charge is 2.21. The Morgan fingerprint density at radius 1 is 1.21 bits per heavy atom. The van der Waals surface area contributed by atoms with Gasteiger partial charge in [-0.25, -0.2) is 5.48 Å². The van der Waals surface area contributed by atoms with E-state index >= 15 is 0 Å². The number of anilines is 1. The van der Waals surface area contributed by atoms with Crippen LogP contribution < -0.4 is 10.4 Å². The van der Waals surface area contributed by atoms with Gasteiger partial charge in [-0.05, 0) is 68.7 Å². The van der Waals surface area contributed by atoms with E-state index in [1.165, 1.54) is 5.57 Å². The number of nitrogens with zero attached hydrogens (tertiary/aromatic N) is 1. The summed E-state index contributed by atoms with van der Waals surface area (Å²) in [6.45, 7) is 8.02. The van der Waals surface area contributed by atoms with Crippen molar-refractivity contribution in [1.29, 1.82) is 0 Å². The number of aliphatic carboxylic acids is 1. The van der Waals surface area contributed by atoms with Gasteiger partial charge in [-0.2, -0.15) is 0 Å². The molecule has 0 aromatic heterocycles. The van der Waals surface area contributed by atoms with Gasteiger partial charge in [0, 0.05) is 24.3 Å². The second kappa shape index (κ2) is 10.3. The van der Waals surface area contributed by atoms with Gasteiger partial charge in [0.15, 0.2) is 0 Å². The largest absolute Gasteiger partial charge is 0.481 e. The first-order chi connectivity index (χ1) is 13.3. The van der Waals surface area contributed by atoms with Gasteiger partial charge in [0.1, 0.15) is 0 Å². The van der Waals surface area contributed by atoms with Crippen molar-refractivity contribution in [2.24, 2.45) is 17.8 Å².